The van der Waals surface area contributed by atoms with Crippen LogP contribution in [0.25, 0.3) is 0 Å². The van der Waals surface area contributed by atoms with Crippen molar-refractivity contribution < 1.29 is 18.8 Å². The van der Waals surface area contributed by atoms with E-state index in [4.69, 9.17) is 9.26 Å². The molecule has 1 aromatic heterocycles. The highest BCUT2D eigenvalue weighted by Crippen LogP contribution is 2.22. The molecule has 2 aromatic rings. The summed E-state index contributed by atoms with van der Waals surface area (Å²) >= 11 is 0. The van der Waals surface area contributed by atoms with E-state index in [1.165, 1.54) is 0 Å². The number of nitrogens with one attached hydrogen (secondary N) is 1. The smallest absolute Gasteiger partial charge is 0.306 e. The summed E-state index contributed by atoms with van der Waals surface area (Å²) in [5.74, 6) is -0.0396. The quantitative estimate of drug-likeness (QED) is 0.730. The molecule has 0 fully saturated rings. The zero-order chi connectivity index (χ0) is 19.1. The number of nitrogens with zero attached hydrogens (tertiary/aromatic N) is 1. The monoisotopic (exact) mass is 358 g/mol. The lowest BCUT2D eigenvalue weighted by atomic mass is 10.0. The molecular weight excluding hydrogens is 332 g/mol. The standard InChI is InChI=1S/C20H26N2O4/c1-5-15-8-7-9-16(6-2)20(15)21-18(23)12-25-19(24)11-10-17-13(3)22-26-14(17)4/h7-9H,5-6,10-12H2,1-4H3,(H,21,23). The summed E-state index contributed by atoms with van der Waals surface area (Å²) in [4.78, 5) is 24.1. The highest BCUT2D eigenvalue weighted by molar-refractivity contribution is 5.94. The average molecular weight is 358 g/mol. The van der Waals surface area contributed by atoms with Crippen LogP contribution in [0, 0.1) is 13.8 Å². The molecule has 0 saturated heterocycles. The van der Waals surface area contributed by atoms with E-state index in [0.717, 1.165) is 40.9 Å². The lowest BCUT2D eigenvalue weighted by Gasteiger charge is -2.14. The zero-order valence-electron chi connectivity index (χ0n) is 15.8. The van der Waals surface area contributed by atoms with Crippen molar-refractivity contribution in [1.29, 1.82) is 0 Å². The molecule has 0 spiro atoms. The topological polar surface area (TPSA) is 81.4 Å². The Morgan fingerprint density at radius 3 is 2.35 bits per heavy atom. The number of hydrogen-bond acceptors (Lipinski definition) is 5. The first kappa shape index (κ1) is 19.7. The number of aromatic nitrogens is 1. The van der Waals surface area contributed by atoms with Gasteiger partial charge in [-0.3, -0.25) is 9.59 Å². The van der Waals surface area contributed by atoms with Crippen LogP contribution in [0.2, 0.25) is 0 Å². The molecule has 26 heavy (non-hydrogen) atoms. The fourth-order valence-corrected chi connectivity index (χ4v) is 2.88. The molecule has 6 nitrogen and oxygen atoms in total. The Morgan fingerprint density at radius 1 is 1.15 bits per heavy atom. The Balaban J connectivity index is 1.86. The number of hydrogen-bond donors (Lipinski definition) is 1. The molecule has 0 aliphatic heterocycles. The molecule has 1 N–H and O–H groups in total. The molecule has 0 saturated carbocycles. The average Bonchev–Trinajstić information content (AvgIpc) is 2.96. The molecule has 0 aliphatic carbocycles. The number of esters is 1. The number of anilines is 1. The van der Waals surface area contributed by atoms with Crippen molar-refractivity contribution in [1.82, 2.24) is 5.16 Å². The summed E-state index contributed by atoms with van der Waals surface area (Å²) in [6.07, 6.45) is 2.31. The van der Waals surface area contributed by atoms with E-state index in [0.29, 0.717) is 12.2 Å². The van der Waals surface area contributed by atoms with Crippen LogP contribution in [0.5, 0.6) is 0 Å². The number of benzene rings is 1. The molecule has 1 amide bonds. The van der Waals surface area contributed by atoms with Gasteiger partial charge in [0, 0.05) is 17.7 Å². The summed E-state index contributed by atoms with van der Waals surface area (Å²) in [6.45, 7) is 7.44. The molecule has 6 heteroatoms. The van der Waals surface area contributed by atoms with Crippen molar-refractivity contribution in [3.8, 4) is 0 Å². The Kier molecular flexibility index (Phi) is 6.95. The van der Waals surface area contributed by atoms with Crippen LogP contribution in [0.3, 0.4) is 0 Å². The van der Waals surface area contributed by atoms with Gasteiger partial charge in [0.2, 0.25) is 0 Å². The van der Waals surface area contributed by atoms with Crippen molar-refractivity contribution in [2.75, 3.05) is 11.9 Å². The van der Waals surface area contributed by atoms with Gasteiger partial charge >= 0.3 is 5.97 Å². The van der Waals surface area contributed by atoms with Gasteiger partial charge in [0.05, 0.1) is 5.69 Å². The summed E-state index contributed by atoms with van der Waals surface area (Å²) in [6, 6.07) is 5.97. The van der Waals surface area contributed by atoms with E-state index in [1.807, 2.05) is 45.9 Å². The van der Waals surface area contributed by atoms with E-state index in [-0.39, 0.29) is 18.9 Å². The van der Waals surface area contributed by atoms with Gasteiger partial charge in [-0.1, -0.05) is 37.2 Å². The molecule has 1 heterocycles. The van der Waals surface area contributed by atoms with Crippen molar-refractivity contribution >= 4 is 17.6 Å². The van der Waals surface area contributed by atoms with Crippen molar-refractivity contribution in [2.45, 2.75) is 53.4 Å². The van der Waals surface area contributed by atoms with Crippen molar-refractivity contribution in [2.24, 2.45) is 0 Å². The van der Waals surface area contributed by atoms with Crippen LogP contribution in [0.1, 0.15) is 48.4 Å². The van der Waals surface area contributed by atoms with E-state index >= 15 is 0 Å². The SMILES string of the molecule is CCc1cccc(CC)c1NC(=O)COC(=O)CCc1c(C)noc1C. The van der Waals surface area contributed by atoms with Gasteiger partial charge in [-0.25, -0.2) is 0 Å². The predicted molar refractivity (Wildman–Crippen MR) is 99.1 cm³/mol. The largest absolute Gasteiger partial charge is 0.456 e. The Hall–Kier alpha value is -2.63. The van der Waals surface area contributed by atoms with E-state index in [2.05, 4.69) is 10.5 Å². The summed E-state index contributed by atoms with van der Waals surface area (Å²) < 4.78 is 10.2. The minimum atomic E-state index is -0.417. The van der Waals surface area contributed by atoms with Gasteiger partial charge in [0.25, 0.3) is 5.91 Å². The highest BCUT2D eigenvalue weighted by Gasteiger charge is 2.14. The molecule has 0 radical (unpaired) electrons. The van der Waals surface area contributed by atoms with Crippen LogP contribution in [-0.4, -0.2) is 23.6 Å². The molecule has 0 aliphatic rings. The van der Waals surface area contributed by atoms with Crippen molar-refractivity contribution in [3.63, 3.8) is 0 Å². The van der Waals surface area contributed by atoms with Gasteiger partial charge in [0.1, 0.15) is 5.76 Å². The minimum absolute atomic E-state index is 0.182. The van der Waals surface area contributed by atoms with Gasteiger partial charge < -0.3 is 14.6 Å². The second-order valence-corrected chi connectivity index (χ2v) is 6.17. The lowest BCUT2D eigenvalue weighted by molar-refractivity contribution is -0.147. The third-order valence-corrected chi connectivity index (χ3v) is 4.39. The maximum absolute atomic E-state index is 12.2. The highest BCUT2D eigenvalue weighted by atomic mass is 16.5. The molecule has 0 unspecified atom stereocenters. The summed E-state index contributed by atoms with van der Waals surface area (Å²) in [5, 5.41) is 6.74. The summed E-state index contributed by atoms with van der Waals surface area (Å²) in [5.41, 5.74) is 4.66. The van der Waals surface area contributed by atoms with E-state index < -0.39 is 5.97 Å². The fraction of sp³-hybridized carbons (Fsp3) is 0.450. The lowest BCUT2D eigenvalue weighted by Crippen LogP contribution is -2.22. The maximum atomic E-state index is 12.2. The molecule has 1 aromatic carbocycles. The first-order valence-corrected chi connectivity index (χ1v) is 8.94. The number of carbonyl (C=O) groups is 2. The number of aryl methyl sites for hydroxylation is 4. The number of amides is 1. The second-order valence-electron chi connectivity index (χ2n) is 6.17. The first-order chi connectivity index (χ1) is 12.5. The van der Waals surface area contributed by atoms with Crippen LogP contribution >= 0.6 is 0 Å². The van der Waals surface area contributed by atoms with Crippen molar-refractivity contribution in [3.05, 3.63) is 46.3 Å². The number of rotatable bonds is 8. The van der Waals surface area contributed by atoms with Gasteiger partial charge in [-0.2, -0.15) is 0 Å². The Bertz CT molecular complexity index is 738. The predicted octanol–water partition coefficient (Wildman–Crippen LogP) is 3.53. The third kappa shape index (κ3) is 4.94. The molecule has 2 rings (SSSR count). The van der Waals surface area contributed by atoms with Crippen LogP contribution in [-0.2, 0) is 33.6 Å². The number of para-hydroxylation sites is 1. The number of ether oxygens (including phenoxy) is 1. The summed E-state index contributed by atoms with van der Waals surface area (Å²) in [7, 11) is 0. The van der Waals surface area contributed by atoms with Crippen LogP contribution in [0.4, 0.5) is 5.69 Å². The minimum Gasteiger partial charge on any atom is -0.456 e. The van der Waals surface area contributed by atoms with E-state index in [9.17, 15) is 9.59 Å². The van der Waals surface area contributed by atoms with Gasteiger partial charge in [0.15, 0.2) is 6.61 Å². The number of carbonyl (C=O) groups excluding carboxylic acids is 2. The molecular formula is C20H26N2O4. The van der Waals surface area contributed by atoms with E-state index in [1.54, 1.807) is 0 Å². The molecule has 0 atom stereocenters. The second kappa shape index (κ2) is 9.17. The Labute approximate surface area is 153 Å². The molecule has 0 bridgehead atoms. The normalized spacial score (nSPS) is 10.6. The first-order valence-electron chi connectivity index (χ1n) is 8.94. The third-order valence-electron chi connectivity index (χ3n) is 4.39. The fourth-order valence-electron chi connectivity index (χ4n) is 2.88. The van der Waals surface area contributed by atoms with Crippen LogP contribution in [0.15, 0.2) is 22.7 Å². The maximum Gasteiger partial charge on any atom is 0.306 e. The molecule has 140 valence electrons. The zero-order valence-corrected chi connectivity index (χ0v) is 15.8. The van der Waals surface area contributed by atoms with Crippen LogP contribution < -0.4 is 5.32 Å². The van der Waals surface area contributed by atoms with Gasteiger partial charge in [-0.15, -0.1) is 0 Å². The Morgan fingerprint density at radius 2 is 1.81 bits per heavy atom. The van der Waals surface area contributed by atoms with Gasteiger partial charge in [-0.05, 0) is 44.2 Å².